The lowest BCUT2D eigenvalue weighted by Crippen LogP contribution is -2.03. The van der Waals surface area contributed by atoms with E-state index in [1.54, 1.807) is 0 Å². The zero-order chi connectivity index (χ0) is 14.7. The van der Waals surface area contributed by atoms with Crippen LogP contribution in [0.3, 0.4) is 0 Å². The Hall–Kier alpha value is -1.63. The zero-order valence-corrected chi connectivity index (χ0v) is 12.9. The molecule has 0 N–H and O–H groups in total. The highest BCUT2D eigenvalue weighted by molar-refractivity contribution is 5.99. The molecule has 0 radical (unpaired) electrons. The van der Waals surface area contributed by atoms with Crippen LogP contribution in [-0.4, -0.2) is 5.78 Å². The van der Waals surface area contributed by atoms with E-state index < -0.39 is 0 Å². The Balaban J connectivity index is 2.24. The van der Waals surface area contributed by atoms with E-state index in [-0.39, 0.29) is 0 Å². The minimum atomic E-state index is 0.300. The summed E-state index contributed by atoms with van der Waals surface area (Å²) in [4.78, 5) is 12.1. The van der Waals surface area contributed by atoms with Crippen LogP contribution >= 0.6 is 0 Å². The molecule has 1 heteroatoms. The van der Waals surface area contributed by atoms with Gasteiger partial charge in [-0.15, -0.1) is 0 Å². The summed E-state index contributed by atoms with van der Waals surface area (Å²) in [7, 11) is 0. The standard InChI is InChI=1S/C19H24O/c1-5-6-7-17-14(4)18(12-19(17)20)16-10-8-15(9-11-16)13(2)3/h5-11,13-14,18H,12H2,1-4H3. The lowest BCUT2D eigenvalue weighted by Gasteiger charge is -2.16. The maximum absolute atomic E-state index is 12.1. The highest BCUT2D eigenvalue weighted by Gasteiger charge is 2.35. The van der Waals surface area contributed by atoms with Gasteiger partial charge >= 0.3 is 0 Å². The molecule has 1 aromatic rings. The number of ketones is 1. The van der Waals surface area contributed by atoms with E-state index in [4.69, 9.17) is 0 Å². The molecule has 1 nitrogen and oxygen atoms in total. The average molecular weight is 268 g/mol. The number of rotatable bonds is 3. The van der Waals surface area contributed by atoms with E-state index in [0.717, 1.165) is 5.57 Å². The van der Waals surface area contributed by atoms with Gasteiger partial charge < -0.3 is 0 Å². The van der Waals surface area contributed by atoms with Crippen LogP contribution in [0.15, 0.2) is 48.1 Å². The van der Waals surface area contributed by atoms with Gasteiger partial charge in [-0.2, -0.15) is 0 Å². The van der Waals surface area contributed by atoms with Crippen LogP contribution in [-0.2, 0) is 4.79 Å². The molecular formula is C19H24O. The predicted molar refractivity (Wildman–Crippen MR) is 85.0 cm³/mol. The van der Waals surface area contributed by atoms with Crippen molar-refractivity contribution in [2.24, 2.45) is 5.92 Å². The molecular weight excluding hydrogens is 244 g/mol. The summed E-state index contributed by atoms with van der Waals surface area (Å²) in [6.45, 7) is 8.55. The predicted octanol–water partition coefficient (Wildman–Crippen LogP) is 5.01. The number of benzene rings is 1. The molecule has 1 fully saturated rings. The van der Waals surface area contributed by atoms with Crippen LogP contribution in [0.5, 0.6) is 0 Å². The van der Waals surface area contributed by atoms with Gasteiger partial charge in [0.25, 0.3) is 0 Å². The van der Waals surface area contributed by atoms with Crippen molar-refractivity contribution < 1.29 is 4.79 Å². The van der Waals surface area contributed by atoms with Crippen LogP contribution in [0.4, 0.5) is 0 Å². The van der Waals surface area contributed by atoms with Gasteiger partial charge in [0.1, 0.15) is 0 Å². The number of hydrogen-bond donors (Lipinski definition) is 0. The average Bonchev–Trinajstić information content (AvgIpc) is 2.72. The van der Waals surface area contributed by atoms with Gasteiger partial charge in [-0.05, 0) is 41.4 Å². The first kappa shape index (κ1) is 14.8. The quantitative estimate of drug-likeness (QED) is 0.705. The van der Waals surface area contributed by atoms with Gasteiger partial charge in [-0.3, -0.25) is 4.79 Å². The first-order valence-electron chi connectivity index (χ1n) is 7.50. The van der Waals surface area contributed by atoms with E-state index in [9.17, 15) is 4.79 Å². The molecule has 0 aliphatic heterocycles. The van der Waals surface area contributed by atoms with Crippen LogP contribution in [0, 0.1) is 5.92 Å². The molecule has 0 heterocycles. The third-order valence-electron chi connectivity index (χ3n) is 4.32. The Morgan fingerprint density at radius 2 is 1.85 bits per heavy atom. The summed E-state index contributed by atoms with van der Waals surface area (Å²) >= 11 is 0. The van der Waals surface area contributed by atoms with Crippen molar-refractivity contribution >= 4 is 5.78 Å². The summed E-state index contributed by atoms with van der Waals surface area (Å²) < 4.78 is 0. The van der Waals surface area contributed by atoms with Crippen molar-refractivity contribution in [1.82, 2.24) is 0 Å². The molecule has 1 saturated carbocycles. The molecule has 0 amide bonds. The monoisotopic (exact) mass is 268 g/mol. The normalized spacial score (nSPS) is 25.2. The topological polar surface area (TPSA) is 17.1 Å². The third-order valence-corrected chi connectivity index (χ3v) is 4.32. The lowest BCUT2D eigenvalue weighted by atomic mass is 9.87. The second kappa shape index (κ2) is 6.21. The van der Waals surface area contributed by atoms with Gasteiger partial charge in [-0.1, -0.05) is 63.3 Å². The van der Waals surface area contributed by atoms with Crippen molar-refractivity contribution in [2.45, 2.75) is 46.0 Å². The first-order chi connectivity index (χ1) is 9.54. The maximum Gasteiger partial charge on any atom is 0.159 e. The number of carbonyl (C=O) groups excluding carboxylic acids is 1. The summed E-state index contributed by atoms with van der Waals surface area (Å²) in [5.41, 5.74) is 3.62. The van der Waals surface area contributed by atoms with Gasteiger partial charge in [0.2, 0.25) is 0 Å². The molecule has 2 unspecified atom stereocenters. The second-order valence-corrected chi connectivity index (χ2v) is 5.99. The molecule has 0 spiro atoms. The molecule has 0 saturated heterocycles. The summed E-state index contributed by atoms with van der Waals surface area (Å²) in [5.74, 6) is 1.49. The van der Waals surface area contributed by atoms with Crippen LogP contribution in [0.1, 0.15) is 57.1 Å². The fourth-order valence-electron chi connectivity index (χ4n) is 2.94. The largest absolute Gasteiger partial charge is 0.295 e. The van der Waals surface area contributed by atoms with Crippen molar-refractivity contribution in [2.75, 3.05) is 0 Å². The van der Waals surface area contributed by atoms with E-state index in [0.29, 0.717) is 30.0 Å². The van der Waals surface area contributed by atoms with E-state index >= 15 is 0 Å². The zero-order valence-electron chi connectivity index (χ0n) is 12.9. The van der Waals surface area contributed by atoms with E-state index in [1.807, 2.05) is 25.2 Å². The van der Waals surface area contributed by atoms with Crippen molar-refractivity contribution in [3.8, 4) is 0 Å². The molecule has 0 bridgehead atoms. The summed E-state index contributed by atoms with van der Waals surface area (Å²) in [6, 6.07) is 8.79. The third kappa shape index (κ3) is 2.92. The minimum Gasteiger partial charge on any atom is -0.295 e. The molecule has 1 aromatic carbocycles. The molecule has 2 atom stereocenters. The second-order valence-electron chi connectivity index (χ2n) is 5.99. The van der Waals surface area contributed by atoms with Gasteiger partial charge in [0.15, 0.2) is 5.78 Å². The number of carbonyl (C=O) groups is 1. The van der Waals surface area contributed by atoms with Crippen LogP contribution < -0.4 is 0 Å². The maximum atomic E-state index is 12.1. The fourth-order valence-corrected chi connectivity index (χ4v) is 2.94. The Bertz CT molecular complexity index is 531. The molecule has 2 rings (SSSR count). The Labute approximate surface area is 122 Å². The Kier molecular flexibility index (Phi) is 4.59. The molecule has 106 valence electrons. The number of Topliss-reactive ketones (excluding diaryl/α,β-unsaturated/α-hetero) is 1. The highest BCUT2D eigenvalue weighted by atomic mass is 16.1. The molecule has 1 aliphatic rings. The lowest BCUT2D eigenvalue weighted by molar-refractivity contribution is -0.114. The van der Waals surface area contributed by atoms with E-state index in [2.05, 4.69) is 45.0 Å². The summed E-state index contributed by atoms with van der Waals surface area (Å²) in [6.07, 6.45) is 6.56. The van der Waals surface area contributed by atoms with Gasteiger partial charge in [0.05, 0.1) is 0 Å². The number of allylic oxidation sites excluding steroid dienone is 4. The Morgan fingerprint density at radius 1 is 1.20 bits per heavy atom. The molecule has 0 aromatic heterocycles. The Morgan fingerprint density at radius 3 is 2.40 bits per heavy atom. The highest BCUT2D eigenvalue weighted by Crippen LogP contribution is 2.41. The smallest absolute Gasteiger partial charge is 0.159 e. The van der Waals surface area contributed by atoms with Gasteiger partial charge in [-0.25, -0.2) is 0 Å². The van der Waals surface area contributed by atoms with Crippen molar-refractivity contribution in [3.05, 3.63) is 59.2 Å². The van der Waals surface area contributed by atoms with Crippen molar-refractivity contribution in [3.63, 3.8) is 0 Å². The van der Waals surface area contributed by atoms with E-state index in [1.165, 1.54) is 11.1 Å². The van der Waals surface area contributed by atoms with Crippen LogP contribution in [0.25, 0.3) is 0 Å². The minimum absolute atomic E-state index is 0.300. The summed E-state index contributed by atoms with van der Waals surface area (Å²) in [5, 5.41) is 0. The molecule has 20 heavy (non-hydrogen) atoms. The number of hydrogen-bond acceptors (Lipinski definition) is 1. The first-order valence-corrected chi connectivity index (χ1v) is 7.50. The van der Waals surface area contributed by atoms with Crippen molar-refractivity contribution in [1.29, 1.82) is 0 Å². The SMILES string of the molecule is CC=CC=C1C(=O)CC(c2ccc(C(C)C)cc2)C1C. The molecule has 1 aliphatic carbocycles. The van der Waals surface area contributed by atoms with Gasteiger partial charge in [0, 0.05) is 6.42 Å². The van der Waals surface area contributed by atoms with Crippen LogP contribution in [0.2, 0.25) is 0 Å². The fraction of sp³-hybridized carbons (Fsp3) is 0.421.